The zero-order valence-corrected chi connectivity index (χ0v) is 18.2. The van der Waals surface area contributed by atoms with Crippen molar-refractivity contribution in [2.75, 3.05) is 6.54 Å². The molecule has 2 aliphatic rings. The van der Waals surface area contributed by atoms with E-state index in [9.17, 15) is 24.3 Å². The molecule has 4 rings (SSSR count). The number of carbonyl (C=O) groups excluding carboxylic acids is 2. The number of imidazole rings is 1. The van der Waals surface area contributed by atoms with Crippen LogP contribution in [0.4, 0.5) is 4.79 Å². The van der Waals surface area contributed by atoms with Gasteiger partial charge in [0.15, 0.2) is 0 Å². The molecule has 3 atom stereocenters. The standard InChI is InChI=1S/C22H28N4O5/c1-22(2,3)18-13(9-10-25(18)21(30)31)12-5-6-14-16(11-12)24(4)20(29)26(14)15-7-8-17(27)23-19(15)28/h5-6,11,13,15,18H,7-10H2,1-4H3,(H,30,31)(H,23,27,28). The van der Waals surface area contributed by atoms with Crippen LogP contribution in [0.5, 0.6) is 0 Å². The molecule has 3 unspecified atom stereocenters. The van der Waals surface area contributed by atoms with Crippen LogP contribution in [0.3, 0.4) is 0 Å². The Balaban J connectivity index is 1.79. The number of nitrogens with one attached hydrogen (secondary N) is 1. The van der Waals surface area contributed by atoms with Crippen molar-refractivity contribution in [3.63, 3.8) is 0 Å². The van der Waals surface area contributed by atoms with Gasteiger partial charge in [-0.05, 0) is 36.0 Å². The maximum Gasteiger partial charge on any atom is 0.407 e. The number of carboxylic acid groups (broad SMARTS) is 1. The Morgan fingerprint density at radius 2 is 1.84 bits per heavy atom. The van der Waals surface area contributed by atoms with Gasteiger partial charge >= 0.3 is 11.8 Å². The fourth-order valence-electron chi connectivity index (χ4n) is 5.27. The smallest absolute Gasteiger partial charge is 0.407 e. The number of amides is 3. The van der Waals surface area contributed by atoms with Crippen molar-refractivity contribution in [2.24, 2.45) is 12.5 Å². The number of benzene rings is 1. The Labute approximate surface area is 179 Å². The molecule has 0 aliphatic carbocycles. The molecule has 0 spiro atoms. The summed E-state index contributed by atoms with van der Waals surface area (Å²) in [5, 5.41) is 12.0. The van der Waals surface area contributed by atoms with Crippen LogP contribution in [0.1, 0.15) is 57.6 Å². The maximum absolute atomic E-state index is 13.0. The third kappa shape index (κ3) is 3.41. The molecule has 2 aromatic rings. The Morgan fingerprint density at radius 1 is 1.13 bits per heavy atom. The van der Waals surface area contributed by atoms with Crippen LogP contribution in [0, 0.1) is 5.41 Å². The van der Waals surface area contributed by atoms with Crippen molar-refractivity contribution in [3.05, 3.63) is 34.2 Å². The van der Waals surface area contributed by atoms with Crippen molar-refractivity contribution in [2.45, 2.75) is 58.0 Å². The van der Waals surface area contributed by atoms with Gasteiger partial charge in [-0.15, -0.1) is 0 Å². The molecule has 2 fully saturated rings. The second kappa shape index (κ2) is 7.25. The van der Waals surface area contributed by atoms with Gasteiger partial charge < -0.3 is 10.0 Å². The number of aromatic nitrogens is 2. The van der Waals surface area contributed by atoms with Crippen LogP contribution < -0.4 is 11.0 Å². The van der Waals surface area contributed by atoms with E-state index in [1.165, 1.54) is 14.0 Å². The summed E-state index contributed by atoms with van der Waals surface area (Å²) in [6, 6.07) is 4.79. The van der Waals surface area contributed by atoms with Gasteiger partial charge in [0.1, 0.15) is 6.04 Å². The van der Waals surface area contributed by atoms with Gasteiger partial charge in [0.25, 0.3) is 0 Å². The highest BCUT2D eigenvalue weighted by Gasteiger charge is 2.44. The predicted octanol–water partition coefficient (Wildman–Crippen LogP) is 2.20. The average molecular weight is 428 g/mol. The lowest BCUT2D eigenvalue weighted by Crippen LogP contribution is -2.44. The largest absolute Gasteiger partial charge is 0.465 e. The number of piperidine rings is 1. The zero-order valence-electron chi connectivity index (χ0n) is 18.2. The summed E-state index contributed by atoms with van der Waals surface area (Å²) in [5.41, 5.74) is 1.73. The molecule has 0 saturated carbocycles. The molecule has 166 valence electrons. The molecule has 1 aromatic heterocycles. The first-order valence-corrected chi connectivity index (χ1v) is 10.5. The lowest BCUT2D eigenvalue weighted by Gasteiger charge is -2.37. The lowest BCUT2D eigenvalue weighted by atomic mass is 9.76. The highest BCUT2D eigenvalue weighted by molar-refractivity contribution is 6.00. The van der Waals surface area contributed by atoms with Gasteiger partial charge in [-0.25, -0.2) is 9.59 Å². The minimum atomic E-state index is -0.917. The van der Waals surface area contributed by atoms with E-state index in [2.05, 4.69) is 5.32 Å². The number of imide groups is 1. The van der Waals surface area contributed by atoms with Crippen molar-refractivity contribution in [1.82, 2.24) is 19.4 Å². The fraction of sp³-hybridized carbons (Fsp3) is 0.545. The van der Waals surface area contributed by atoms with Gasteiger partial charge in [0.2, 0.25) is 11.8 Å². The van der Waals surface area contributed by atoms with E-state index in [1.54, 1.807) is 7.05 Å². The first kappa shape index (κ1) is 21.1. The normalized spacial score (nSPS) is 24.6. The van der Waals surface area contributed by atoms with Crippen LogP contribution in [-0.4, -0.2) is 49.6 Å². The van der Waals surface area contributed by atoms with Gasteiger partial charge in [-0.2, -0.15) is 0 Å². The number of hydrogen-bond donors (Lipinski definition) is 2. The van der Waals surface area contributed by atoms with E-state index in [0.717, 1.165) is 5.56 Å². The molecule has 2 aliphatic heterocycles. The van der Waals surface area contributed by atoms with E-state index in [1.807, 2.05) is 39.0 Å². The molecule has 2 saturated heterocycles. The van der Waals surface area contributed by atoms with Crippen molar-refractivity contribution in [3.8, 4) is 0 Å². The molecule has 0 bridgehead atoms. The summed E-state index contributed by atoms with van der Waals surface area (Å²) < 4.78 is 2.97. The third-order valence-electron chi connectivity index (χ3n) is 6.59. The number of aryl methyl sites for hydroxylation is 1. The minimum Gasteiger partial charge on any atom is -0.465 e. The number of rotatable bonds is 2. The molecular weight excluding hydrogens is 400 g/mol. The van der Waals surface area contributed by atoms with E-state index < -0.39 is 18.0 Å². The number of nitrogens with zero attached hydrogens (tertiary/aromatic N) is 3. The van der Waals surface area contributed by atoms with Crippen LogP contribution >= 0.6 is 0 Å². The maximum atomic E-state index is 13.0. The van der Waals surface area contributed by atoms with Crippen molar-refractivity contribution >= 4 is 28.9 Å². The molecule has 1 aromatic carbocycles. The second-order valence-electron chi connectivity index (χ2n) is 9.61. The Morgan fingerprint density at radius 3 is 2.45 bits per heavy atom. The monoisotopic (exact) mass is 428 g/mol. The fourth-order valence-corrected chi connectivity index (χ4v) is 5.27. The van der Waals surface area contributed by atoms with Gasteiger partial charge in [0.05, 0.1) is 11.0 Å². The minimum absolute atomic E-state index is 0.00885. The highest BCUT2D eigenvalue weighted by Crippen LogP contribution is 2.43. The predicted molar refractivity (Wildman–Crippen MR) is 114 cm³/mol. The average Bonchev–Trinajstić information content (AvgIpc) is 3.23. The summed E-state index contributed by atoms with van der Waals surface area (Å²) >= 11 is 0. The molecule has 9 heteroatoms. The van der Waals surface area contributed by atoms with Gasteiger partial charge in [0, 0.05) is 32.0 Å². The van der Waals surface area contributed by atoms with Gasteiger partial charge in [-0.3, -0.25) is 24.0 Å². The first-order chi connectivity index (χ1) is 14.5. The van der Waals surface area contributed by atoms with Crippen LogP contribution in [0.25, 0.3) is 11.0 Å². The molecule has 3 amide bonds. The number of hydrogen-bond acceptors (Lipinski definition) is 4. The SMILES string of the molecule is Cn1c(=O)n(C2CCC(=O)NC2=O)c2ccc(C3CCN(C(=O)O)C3C(C)(C)C)cc21. The number of likely N-dealkylation sites (tertiary alicyclic amines) is 1. The molecule has 31 heavy (non-hydrogen) atoms. The summed E-state index contributed by atoms with van der Waals surface area (Å²) in [4.78, 5) is 50.2. The Kier molecular flexibility index (Phi) is 4.94. The quantitative estimate of drug-likeness (QED) is 0.712. The van der Waals surface area contributed by atoms with Crippen LogP contribution in [-0.2, 0) is 16.6 Å². The first-order valence-electron chi connectivity index (χ1n) is 10.5. The molecule has 0 radical (unpaired) electrons. The van der Waals surface area contributed by atoms with Crippen molar-refractivity contribution < 1.29 is 19.5 Å². The highest BCUT2D eigenvalue weighted by atomic mass is 16.4. The summed E-state index contributed by atoms with van der Waals surface area (Å²) in [6.45, 7) is 6.59. The van der Waals surface area contributed by atoms with E-state index in [0.29, 0.717) is 24.0 Å². The van der Waals surface area contributed by atoms with Crippen LogP contribution in [0.2, 0.25) is 0 Å². The van der Waals surface area contributed by atoms with E-state index >= 15 is 0 Å². The summed E-state index contributed by atoms with van der Waals surface area (Å²) in [7, 11) is 1.66. The number of carbonyl (C=O) groups is 3. The third-order valence-corrected chi connectivity index (χ3v) is 6.59. The molecule has 9 nitrogen and oxygen atoms in total. The zero-order chi connectivity index (χ0) is 22.7. The summed E-state index contributed by atoms with van der Waals surface area (Å²) in [5.74, 6) is -0.778. The second-order valence-corrected chi connectivity index (χ2v) is 9.61. The molecule has 2 N–H and O–H groups in total. The Hall–Kier alpha value is -3.10. The molecular formula is C22H28N4O5. The summed E-state index contributed by atoms with van der Waals surface area (Å²) in [6.07, 6.45) is 0.271. The van der Waals surface area contributed by atoms with Crippen LogP contribution in [0.15, 0.2) is 23.0 Å². The van der Waals surface area contributed by atoms with Crippen molar-refractivity contribution in [1.29, 1.82) is 0 Å². The van der Waals surface area contributed by atoms with E-state index in [4.69, 9.17) is 0 Å². The van der Waals surface area contributed by atoms with E-state index in [-0.39, 0.29) is 41.8 Å². The Bertz CT molecular complexity index is 1140. The molecule has 3 heterocycles. The topological polar surface area (TPSA) is 114 Å². The van der Waals surface area contributed by atoms with Gasteiger partial charge in [-0.1, -0.05) is 26.8 Å². The lowest BCUT2D eigenvalue weighted by molar-refractivity contribution is -0.135. The number of fused-ring (bicyclic) bond motifs is 1.